The standard InChI is InChI=1S/C7H12/c1-7-5-3-2-4-6-7/h7H,2-3,5-6H2,1H3. The third-order valence-electron chi connectivity index (χ3n) is 1.54. The van der Waals surface area contributed by atoms with E-state index in [-0.39, 0.29) is 0 Å². The molecule has 0 N–H and O–H groups in total. The summed E-state index contributed by atoms with van der Waals surface area (Å²) in [6.07, 6.45) is 8.61. The lowest BCUT2D eigenvalue weighted by atomic mass is 9.91. The predicted octanol–water partition coefficient (Wildman–Crippen LogP) is 2.28. The molecule has 0 aromatic carbocycles. The Morgan fingerprint density at radius 3 is 2.71 bits per heavy atom. The maximum absolute atomic E-state index is 3.33. The van der Waals surface area contributed by atoms with E-state index in [0.717, 1.165) is 5.92 Å². The molecule has 0 heterocycles. The minimum absolute atomic E-state index is 0.925. The highest BCUT2D eigenvalue weighted by molar-refractivity contribution is 4.74. The highest BCUT2D eigenvalue weighted by atomic mass is 14.1. The molecule has 0 aromatic heterocycles. The van der Waals surface area contributed by atoms with Crippen LogP contribution in [0.4, 0.5) is 0 Å². The summed E-state index contributed by atoms with van der Waals surface area (Å²) in [5, 5.41) is 0. The van der Waals surface area contributed by atoms with E-state index in [1.165, 1.54) is 25.7 Å². The molecule has 7 heavy (non-hydrogen) atoms. The van der Waals surface area contributed by atoms with Gasteiger partial charge in [0.1, 0.15) is 0 Å². The number of hydrogen-bond acceptors (Lipinski definition) is 0. The van der Waals surface area contributed by atoms with Gasteiger partial charge in [-0.1, -0.05) is 19.8 Å². The molecule has 0 amide bonds. The van der Waals surface area contributed by atoms with Crippen molar-refractivity contribution in [2.45, 2.75) is 32.6 Å². The predicted molar refractivity (Wildman–Crippen MR) is 30.9 cm³/mol. The zero-order chi connectivity index (χ0) is 5.11. The molecule has 1 unspecified atom stereocenters. The third kappa shape index (κ3) is 1.50. The molecule has 1 aliphatic carbocycles. The third-order valence-corrected chi connectivity index (χ3v) is 1.54. The quantitative estimate of drug-likeness (QED) is 0.434. The van der Waals surface area contributed by atoms with Crippen LogP contribution in [0, 0.1) is 12.3 Å². The van der Waals surface area contributed by atoms with Crippen LogP contribution in [-0.2, 0) is 0 Å². The van der Waals surface area contributed by atoms with E-state index in [4.69, 9.17) is 0 Å². The van der Waals surface area contributed by atoms with Gasteiger partial charge in [-0.05, 0) is 25.2 Å². The SMILES string of the molecule is CC1C[C]CCC1. The van der Waals surface area contributed by atoms with Crippen LogP contribution in [-0.4, -0.2) is 0 Å². The van der Waals surface area contributed by atoms with Gasteiger partial charge in [-0.25, -0.2) is 0 Å². The second-order valence-corrected chi connectivity index (χ2v) is 2.45. The summed E-state index contributed by atoms with van der Waals surface area (Å²) in [5.74, 6) is 0.925. The Hall–Kier alpha value is 0. The van der Waals surface area contributed by atoms with E-state index < -0.39 is 0 Å². The zero-order valence-corrected chi connectivity index (χ0v) is 4.91. The van der Waals surface area contributed by atoms with Gasteiger partial charge in [0.2, 0.25) is 0 Å². The molecule has 1 aliphatic rings. The van der Waals surface area contributed by atoms with Crippen molar-refractivity contribution in [3.63, 3.8) is 0 Å². The average molecular weight is 96.2 g/mol. The van der Waals surface area contributed by atoms with Gasteiger partial charge in [-0.3, -0.25) is 0 Å². The van der Waals surface area contributed by atoms with Gasteiger partial charge >= 0.3 is 0 Å². The van der Waals surface area contributed by atoms with Crippen LogP contribution in [0.1, 0.15) is 32.6 Å². The van der Waals surface area contributed by atoms with E-state index >= 15 is 0 Å². The van der Waals surface area contributed by atoms with Crippen LogP contribution in [0.25, 0.3) is 0 Å². The van der Waals surface area contributed by atoms with Gasteiger partial charge in [0.05, 0.1) is 0 Å². The summed E-state index contributed by atoms with van der Waals surface area (Å²) in [7, 11) is 0. The van der Waals surface area contributed by atoms with Crippen molar-refractivity contribution in [1.29, 1.82) is 0 Å². The van der Waals surface area contributed by atoms with Crippen LogP contribution >= 0.6 is 0 Å². The van der Waals surface area contributed by atoms with Gasteiger partial charge in [0.15, 0.2) is 0 Å². The molecule has 1 rings (SSSR count). The lowest BCUT2D eigenvalue weighted by molar-refractivity contribution is 0.448. The molecule has 0 bridgehead atoms. The first-order valence-electron chi connectivity index (χ1n) is 3.10. The van der Waals surface area contributed by atoms with Gasteiger partial charge in [0.25, 0.3) is 0 Å². The second-order valence-electron chi connectivity index (χ2n) is 2.45. The largest absolute Gasteiger partial charge is 0.0625 e. The number of rotatable bonds is 0. The molecule has 1 fully saturated rings. The van der Waals surface area contributed by atoms with Crippen LogP contribution in [0.15, 0.2) is 0 Å². The van der Waals surface area contributed by atoms with E-state index in [1.807, 2.05) is 0 Å². The van der Waals surface area contributed by atoms with Gasteiger partial charge < -0.3 is 0 Å². The van der Waals surface area contributed by atoms with Crippen molar-refractivity contribution in [3.05, 3.63) is 6.42 Å². The van der Waals surface area contributed by atoms with Crippen molar-refractivity contribution in [3.8, 4) is 0 Å². The molecule has 0 heteroatoms. The van der Waals surface area contributed by atoms with E-state index in [9.17, 15) is 0 Å². The first kappa shape index (κ1) is 5.14. The molecule has 40 valence electrons. The van der Waals surface area contributed by atoms with Gasteiger partial charge in [-0.2, -0.15) is 0 Å². The lowest BCUT2D eigenvalue weighted by Gasteiger charge is -2.14. The van der Waals surface area contributed by atoms with E-state index in [1.54, 1.807) is 0 Å². The average Bonchev–Trinajstić information content (AvgIpc) is 1.69. The fourth-order valence-electron chi connectivity index (χ4n) is 1.03. The molecular formula is C7H12. The molecular weight excluding hydrogens is 84.1 g/mol. The smallest absolute Gasteiger partial charge is 0.0171 e. The van der Waals surface area contributed by atoms with Crippen LogP contribution in [0.3, 0.4) is 0 Å². The van der Waals surface area contributed by atoms with Crippen LogP contribution in [0.2, 0.25) is 0 Å². The summed E-state index contributed by atoms with van der Waals surface area (Å²) in [6.45, 7) is 2.30. The maximum Gasteiger partial charge on any atom is -0.0171 e. The van der Waals surface area contributed by atoms with Gasteiger partial charge in [0, 0.05) is 0 Å². The highest BCUT2D eigenvalue weighted by Crippen LogP contribution is 2.21. The zero-order valence-electron chi connectivity index (χ0n) is 4.91. The summed E-state index contributed by atoms with van der Waals surface area (Å²) in [5.41, 5.74) is 0. The topological polar surface area (TPSA) is 0 Å². The molecule has 1 saturated carbocycles. The first-order valence-corrected chi connectivity index (χ1v) is 3.10. The molecule has 0 aliphatic heterocycles. The van der Waals surface area contributed by atoms with E-state index in [0.29, 0.717) is 0 Å². The highest BCUT2D eigenvalue weighted by Gasteiger charge is 2.06. The summed E-state index contributed by atoms with van der Waals surface area (Å²) < 4.78 is 0. The Bertz CT molecular complexity index is 42.0. The van der Waals surface area contributed by atoms with Crippen molar-refractivity contribution >= 4 is 0 Å². The molecule has 2 radical (unpaired) electrons. The molecule has 0 nitrogen and oxygen atoms in total. The lowest BCUT2D eigenvalue weighted by Crippen LogP contribution is -2.00. The van der Waals surface area contributed by atoms with Crippen molar-refractivity contribution in [2.75, 3.05) is 0 Å². The summed E-state index contributed by atoms with van der Waals surface area (Å²) >= 11 is 0. The van der Waals surface area contributed by atoms with E-state index in [2.05, 4.69) is 13.3 Å². The first-order chi connectivity index (χ1) is 3.39. The molecule has 0 saturated heterocycles. The summed E-state index contributed by atoms with van der Waals surface area (Å²) in [6, 6.07) is 0. The summed E-state index contributed by atoms with van der Waals surface area (Å²) in [4.78, 5) is 0. The Balaban J connectivity index is 2.12. The normalized spacial score (nSPS) is 25.3. The minimum Gasteiger partial charge on any atom is -0.0625 e. The molecule has 1 atom stereocenters. The Kier molecular flexibility index (Phi) is 1.72. The number of hydrogen-bond donors (Lipinski definition) is 0. The van der Waals surface area contributed by atoms with Crippen molar-refractivity contribution in [1.82, 2.24) is 0 Å². The van der Waals surface area contributed by atoms with Crippen molar-refractivity contribution < 1.29 is 0 Å². The second kappa shape index (κ2) is 2.34. The fourth-order valence-corrected chi connectivity index (χ4v) is 1.03. The molecule has 0 aromatic rings. The van der Waals surface area contributed by atoms with Crippen molar-refractivity contribution in [2.24, 2.45) is 5.92 Å². The Morgan fingerprint density at radius 2 is 2.43 bits per heavy atom. The minimum atomic E-state index is 0.925. The van der Waals surface area contributed by atoms with Gasteiger partial charge in [-0.15, -0.1) is 0 Å². The molecule has 0 spiro atoms. The van der Waals surface area contributed by atoms with Crippen LogP contribution < -0.4 is 0 Å². The Labute approximate surface area is 45.9 Å². The monoisotopic (exact) mass is 96.1 g/mol. The maximum atomic E-state index is 3.33. The Morgan fingerprint density at radius 1 is 1.57 bits per heavy atom. The fraction of sp³-hybridized carbons (Fsp3) is 0.857. The van der Waals surface area contributed by atoms with Crippen LogP contribution in [0.5, 0.6) is 0 Å².